The van der Waals surface area contributed by atoms with E-state index < -0.39 is 0 Å². The van der Waals surface area contributed by atoms with E-state index in [1.54, 1.807) is 0 Å². The average molecular weight is 580 g/mol. The molecule has 0 radical (unpaired) electrons. The summed E-state index contributed by atoms with van der Waals surface area (Å²) < 4.78 is 6.11. The van der Waals surface area contributed by atoms with Crippen molar-refractivity contribution in [3.63, 3.8) is 0 Å². The lowest BCUT2D eigenvalue weighted by molar-refractivity contribution is 0.260. The number of ether oxygens (including phenoxy) is 1. The minimum Gasteiger partial charge on any atom is -0.464 e. The molecule has 0 amide bonds. The van der Waals surface area contributed by atoms with Gasteiger partial charge in [0.25, 0.3) is 0 Å². The summed E-state index contributed by atoms with van der Waals surface area (Å²) >= 11 is 0. The van der Waals surface area contributed by atoms with E-state index in [1.807, 2.05) is 54.6 Å². The largest absolute Gasteiger partial charge is 0.464 e. The van der Waals surface area contributed by atoms with Gasteiger partial charge in [0.15, 0.2) is 12.1 Å². The Bertz CT molecular complexity index is 2050. The van der Waals surface area contributed by atoms with E-state index >= 15 is 0 Å². The minimum atomic E-state index is -0.189. The summed E-state index contributed by atoms with van der Waals surface area (Å²) in [4.78, 5) is 10.4. The molecule has 1 aromatic heterocycles. The van der Waals surface area contributed by atoms with E-state index in [0.717, 1.165) is 67.3 Å². The van der Waals surface area contributed by atoms with Crippen molar-refractivity contribution in [3.8, 4) is 61.9 Å². The lowest BCUT2D eigenvalue weighted by Gasteiger charge is -2.17. The van der Waals surface area contributed by atoms with Gasteiger partial charge in [-0.3, -0.25) is 0 Å². The number of para-hydroxylation sites is 2. The van der Waals surface area contributed by atoms with Crippen molar-refractivity contribution in [1.29, 1.82) is 0 Å². The standard InChI is InChI=1S/C41H29N3O/c1-4-12-30(13-5-1)37-38(31-14-6-2-7-15-31)43-40(33-16-8-3-9-17-33)44-39(37)32-24-20-28(21-25-32)29-22-26-34(27-23-29)41-42-35-18-10-11-19-36(35)45-41/h1-27,41-42H. The van der Waals surface area contributed by atoms with E-state index in [2.05, 4.69) is 115 Å². The summed E-state index contributed by atoms with van der Waals surface area (Å²) in [7, 11) is 0. The highest BCUT2D eigenvalue weighted by atomic mass is 16.5. The van der Waals surface area contributed by atoms with E-state index in [9.17, 15) is 0 Å². The molecule has 0 bridgehead atoms. The molecule has 1 atom stereocenters. The van der Waals surface area contributed by atoms with E-state index in [0.29, 0.717) is 5.82 Å². The van der Waals surface area contributed by atoms with Crippen molar-refractivity contribution in [1.82, 2.24) is 9.97 Å². The van der Waals surface area contributed by atoms with Crippen LogP contribution in [0.4, 0.5) is 5.69 Å². The Labute approximate surface area is 262 Å². The van der Waals surface area contributed by atoms with Crippen LogP contribution in [-0.4, -0.2) is 9.97 Å². The zero-order valence-corrected chi connectivity index (χ0v) is 24.5. The van der Waals surface area contributed by atoms with Gasteiger partial charge in [0.1, 0.15) is 5.75 Å². The normalized spacial score (nSPS) is 13.5. The first-order chi connectivity index (χ1) is 22.3. The number of aromatic nitrogens is 2. The van der Waals surface area contributed by atoms with Gasteiger partial charge in [-0.25, -0.2) is 9.97 Å². The number of fused-ring (bicyclic) bond motifs is 1. The van der Waals surface area contributed by atoms with Crippen molar-refractivity contribution < 1.29 is 4.74 Å². The van der Waals surface area contributed by atoms with Crippen molar-refractivity contribution in [2.75, 3.05) is 5.32 Å². The van der Waals surface area contributed by atoms with Gasteiger partial charge in [-0.1, -0.05) is 152 Å². The summed E-state index contributed by atoms with van der Waals surface area (Å²) in [6, 6.07) is 56.3. The molecule has 6 aromatic carbocycles. The van der Waals surface area contributed by atoms with Gasteiger partial charge >= 0.3 is 0 Å². The summed E-state index contributed by atoms with van der Waals surface area (Å²) in [5, 5.41) is 3.45. The van der Waals surface area contributed by atoms with Crippen LogP contribution in [0.2, 0.25) is 0 Å². The molecule has 1 aliphatic rings. The average Bonchev–Trinajstić information content (AvgIpc) is 3.57. The van der Waals surface area contributed by atoms with Gasteiger partial charge in [-0.05, 0) is 28.8 Å². The van der Waals surface area contributed by atoms with Crippen LogP contribution in [0.15, 0.2) is 164 Å². The monoisotopic (exact) mass is 579 g/mol. The second-order valence-electron chi connectivity index (χ2n) is 11.1. The Morgan fingerprint density at radius 1 is 0.422 bits per heavy atom. The Morgan fingerprint density at radius 2 is 0.889 bits per heavy atom. The lowest BCUT2D eigenvalue weighted by Crippen LogP contribution is -2.09. The number of benzene rings is 6. The quantitative estimate of drug-likeness (QED) is 0.213. The molecule has 7 aromatic rings. The molecular weight excluding hydrogens is 550 g/mol. The van der Waals surface area contributed by atoms with Crippen molar-refractivity contribution in [3.05, 3.63) is 169 Å². The van der Waals surface area contributed by atoms with Crippen LogP contribution in [0.3, 0.4) is 0 Å². The van der Waals surface area contributed by atoms with E-state index in [4.69, 9.17) is 14.7 Å². The molecular formula is C41H29N3O. The van der Waals surface area contributed by atoms with Gasteiger partial charge in [-0.2, -0.15) is 0 Å². The predicted octanol–water partition coefficient (Wildman–Crippen LogP) is 10.3. The fourth-order valence-corrected chi connectivity index (χ4v) is 5.88. The number of hydrogen-bond donors (Lipinski definition) is 1. The summed E-state index contributed by atoms with van der Waals surface area (Å²) in [6.07, 6.45) is -0.189. The first-order valence-corrected chi connectivity index (χ1v) is 15.1. The van der Waals surface area contributed by atoms with E-state index in [1.165, 1.54) is 0 Å². The van der Waals surface area contributed by atoms with Crippen molar-refractivity contribution in [2.45, 2.75) is 6.23 Å². The SMILES string of the molecule is c1ccc(-c2nc(-c3ccccc3)c(-c3ccccc3)c(-c3ccc(-c4ccc(C5Nc6ccccc6O5)cc4)cc3)n2)cc1. The Balaban J connectivity index is 1.19. The van der Waals surface area contributed by atoms with E-state index in [-0.39, 0.29) is 6.23 Å². The summed E-state index contributed by atoms with van der Waals surface area (Å²) in [5.41, 5.74) is 11.4. The highest BCUT2D eigenvalue weighted by Gasteiger charge is 2.23. The number of hydrogen-bond acceptors (Lipinski definition) is 4. The molecule has 1 unspecified atom stereocenters. The molecule has 8 rings (SSSR count). The minimum absolute atomic E-state index is 0.189. The summed E-state index contributed by atoms with van der Waals surface area (Å²) in [5.74, 6) is 1.58. The van der Waals surface area contributed by atoms with Gasteiger partial charge in [0.2, 0.25) is 0 Å². The third kappa shape index (κ3) is 5.23. The number of nitrogens with one attached hydrogen (secondary N) is 1. The molecule has 1 aliphatic heterocycles. The predicted molar refractivity (Wildman–Crippen MR) is 183 cm³/mol. The second kappa shape index (κ2) is 11.6. The topological polar surface area (TPSA) is 47.0 Å². The first-order valence-electron chi connectivity index (χ1n) is 15.1. The van der Waals surface area contributed by atoms with Gasteiger partial charge in [0.05, 0.1) is 17.1 Å². The first kappa shape index (κ1) is 26.6. The van der Waals surface area contributed by atoms with Crippen molar-refractivity contribution in [2.24, 2.45) is 0 Å². The van der Waals surface area contributed by atoms with Gasteiger partial charge < -0.3 is 10.1 Å². The maximum Gasteiger partial charge on any atom is 0.196 e. The highest BCUT2D eigenvalue weighted by molar-refractivity contribution is 5.92. The second-order valence-corrected chi connectivity index (χ2v) is 11.1. The highest BCUT2D eigenvalue weighted by Crippen LogP contribution is 2.41. The molecule has 0 saturated carbocycles. The van der Waals surface area contributed by atoms with Crippen LogP contribution in [0, 0.1) is 0 Å². The van der Waals surface area contributed by atoms with Gasteiger partial charge in [-0.15, -0.1) is 0 Å². The number of anilines is 1. The fourth-order valence-electron chi connectivity index (χ4n) is 5.88. The van der Waals surface area contributed by atoms with Crippen LogP contribution >= 0.6 is 0 Å². The molecule has 45 heavy (non-hydrogen) atoms. The van der Waals surface area contributed by atoms with Crippen LogP contribution in [0.25, 0.3) is 56.2 Å². The number of rotatable bonds is 6. The zero-order chi connectivity index (χ0) is 30.0. The maximum atomic E-state index is 6.11. The Hall–Kier alpha value is -6.00. The molecule has 2 heterocycles. The number of nitrogens with zero attached hydrogens (tertiary/aromatic N) is 2. The molecule has 0 fully saturated rings. The molecule has 0 saturated heterocycles. The van der Waals surface area contributed by atoms with Gasteiger partial charge in [0, 0.05) is 27.8 Å². The molecule has 1 N–H and O–H groups in total. The smallest absolute Gasteiger partial charge is 0.196 e. The maximum absolute atomic E-state index is 6.11. The molecule has 0 spiro atoms. The third-order valence-electron chi connectivity index (χ3n) is 8.17. The molecule has 4 nitrogen and oxygen atoms in total. The van der Waals surface area contributed by atoms with Crippen LogP contribution in [0.5, 0.6) is 5.75 Å². The Kier molecular flexibility index (Phi) is 6.85. The third-order valence-corrected chi connectivity index (χ3v) is 8.17. The fraction of sp³-hybridized carbons (Fsp3) is 0.0244. The molecule has 214 valence electrons. The van der Waals surface area contributed by atoms with Crippen LogP contribution in [-0.2, 0) is 0 Å². The van der Waals surface area contributed by atoms with Crippen LogP contribution < -0.4 is 10.1 Å². The van der Waals surface area contributed by atoms with Crippen LogP contribution in [0.1, 0.15) is 11.8 Å². The Morgan fingerprint density at radius 3 is 1.49 bits per heavy atom. The zero-order valence-electron chi connectivity index (χ0n) is 24.5. The van der Waals surface area contributed by atoms with Crippen molar-refractivity contribution >= 4 is 5.69 Å². The summed E-state index contributed by atoms with van der Waals surface area (Å²) in [6.45, 7) is 0. The molecule has 0 aliphatic carbocycles. The lowest BCUT2D eigenvalue weighted by atomic mass is 9.93. The molecule has 4 heteroatoms.